The van der Waals surface area contributed by atoms with Gasteiger partial charge in [0.15, 0.2) is 0 Å². The number of nitrogens with one attached hydrogen (secondary N) is 2. The maximum Gasteiger partial charge on any atom is 0.235 e. The Labute approximate surface area is 151 Å². The van der Waals surface area contributed by atoms with Crippen LogP contribution in [-0.4, -0.2) is 29.7 Å². The first-order valence-corrected chi connectivity index (χ1v) is 9.59. The van der Waals surface area contributed by atoms with E-state index in [1.165, 1.54) is 5.56 Å². The average molecular weight is 344 g/mol. The number of para-hydroxylation sites is 1. The van der Waals surface area contributed by atoms with E-state index in [4.69, 9.17) is 0 Å². The van der Waals surface area contributed by atoms with Crippen LogP contribution in [0.4, 0.5) is 5.69 Å². The predicted octanol–water partition coefficient (Wildman–Crippen LogP) is 3.45. The molecule has 25 heavy (non-hydrogen) atoms. The van der Waals surface area contributed by atoms with Crippen LogP contribution in [0.3, 0.4) is 0 Å². The average Bonchev–Trinajstić information content (AvgIpc) is 2.86. The number of aliphatic hydroxyl groups is 1. The van der Waals surface area contributed by atoms with E-state index in [0.717, 1.165) is 37.9 Å². The molecule has 1 fully saturated rings. The Balaban J connectivity index is 1.61. The molecular weight excluding hydrogens is 312 g/mol. The number of fused-ring (bicyclic) bond motifs is 2. The minimum atomic E-state index is -0.332. The first kappa shape index (κ1) is 18.4. The Morgan fingerprint density at radius 3 is 2.56 bits per heavy atom. The molecule has 1 amide bonds. The Morgan fingerprint density at radius 1 is 1.28 bits per heavy atom. The molecule has 138 valence electrons. The Hall–Kier alpha value is -1.39. The molecule has 2 aliphatic rings. The topological polar surface area (TPSA) is 61.4 Å². The molecule has 1 saturated carbocycles. The predicted molar refractivity (Wildman–Crippen MR) is 102 cm³/mol. The number of amides is 1. The number of anilines is 1. The minimum absolute atomic E-state index is 0.152. The fraction of sp³-hybridized carbons (Fsp3) is 0.667. The second kappa shape index (κ2) is 6.73. The van der Waals surface area contributed by atoms with Gasteiger partial charge in [-0.2, -0.15) is 0 Å². The van der Waals surface area contributed by atoms with Crippen LogP contribution >= 0.6 is 0 Å². The SMILES string of the molecule is CC(C)C(O)C(C)(C)CNC1CCC2(CC1)C(=O)Nc1ccccc12. The molecule has 0 bridgehead atoms. The van der Waals surface area contributed by atoms with Crippen molar-refractivity contribution in [2.24, 2.45) is 11.3 Å². The first-order valence-electron chi connectivity index (χ1n) is 9.59. The molecule has 1 spiro atoms. The molecule has 4 heteroatoms. The van der Waals surface area contributed by atoms with E-state index in [1.807, 2.05) is 18.2 Å². The van der Waals surface area contributed by atoms with Crippen molar-refractivity contribution in [2.45, 2.75) is 70.9 Å². The first-order chi connectivity index (χ1) is 11.8. The lowest BCUT2D eigenvalue weighted by molar-refractivity contribution is -0.122. The molecule has 0 aromatic heterocycles. The largest absolute Gasteiger partial charge is 0.392 e. The third-order valence-corrected chi connectivity index (χ3v) is 6.24. The lowest BCUT2D eigenvalue weighted by Gasteiger charge is -2.39. The molecule has 4 nitrogen and oxygen atoms in total. The van der Waals surface area contributed by atoms with Gasteiger partial charge in [-0.05, 0) is 43.2 Å². The van der Waals surface area contributed by atoms with Crippen molar-refractivity contribution in [3.05, 3.63) is 29.8 Å². The van der Waals surface area contributed by atoms with Gasteiger partial charge in [0, 0.05) is 23.7 Å². The molecule has 1 aliphatic heterocycles. The zero-order valence-corrected chi connectivity index (χ0v) is 15.9. The van der Waals surface area contributed by atoms with Crippen molar-refractivity contribution in [1.29, 1.82) is 0 Å². The van der Waals surface area contributed by atoms with Crippen LogP contribution in [0, 0.1) is 11.3 Å². The summed E-state index contributed by atoms with van der Waals surface area (Å²) in [5.74, 6) is 0.424. The van der Waals surface area contributed by atoms with Crippen LogP contribution in [0.1, 0.15) is 58.9 Å². The van der Waals surface area contributed by atoms with E-state index in [2.05, 4.69) is 44.4 Å². The summed E-state index contributed by atoms with van der Waals surface area (Å²) in [6.07, 6.45) is 3.45. The molecule has 0 radical (unpaired) electrons. The fourth-order valence-corrected chi connectivity index (χ4v) is 4.60. The zero-order chi connectivity index (χ0) is 18.2. The summed E-state index contributed by atoms with van der Waals surface area (Å²) < 4.78 is 0. The summed E-state index contributed by atoms with van der Waals surface area (Å²) >= 11 is 0. The van der Waals surface area contributed by atoms with Gasteiger partial charge in [-0.1, -0.05) is 45.9 Å². The smallest absolute Gasteiger partial charge is 0.235 e. The van der Waals surface area contributed by atoms with Gasteiger partial charge in [0.05, 0.1) is 11.5 Å². The lowest BCUT2D eigenvalue weighted by Crippen LogP contribution is -2.48. The monoisotopic (exact) mass is 344 g/mol. The molecule has 1 unspecified atom stereocenters. The zero-order valence-electron chi connectivity index (χ0n) is 15.9. The number of hydrogen-bond acceptors (Lipinski definition) is 3. The molecular formula is C21H32N2O2. The fourth-order valence-electron chi connectivity index (χ4n) is 4.60. The van der Waals surface area contributed by atoms with Gasteiger partial charge >= 0.3 is 0 Å². The second-order valence-electron chi connectivity index (χ2n) is 8.91. The van der Waals surface area contributed by atoms with E-state index in [9.17, 15) is 9.90 Å². The highest BCUT2D eigenvalue weighted by molar-refractivity contribution is 6.06. The molecule has 1 heterocycles. The molecule has 1 atom stereocenters. The van der Waals surface area contributed by atoms with Gasteiger partial charge in [0.2, 0.25) is 5.91 Å². The minimum Gasteiger partial charge on any atom is -0.392 e. The van der Waals surface area contributed by atoms with Crippen molar-refractivity contribution < 1.29 is 9.90 Å². The summed E-state index contributed by atoms with van der Waals surface area (Å²) in [6, 6.07) is 8.53. The van der Waals surface area contributed by atoms with Crippen molar-refractivity contribution in [2.75, 3.05) is 11.9 Å². The summed E-state index contributed by atoms with van der Waals surface area (Å²) in [7, 11) is 0. The highest BCUT2D eigenvalue weighted by atomic mass is 16.3. The van der Waals surface area contributed by atoms with E-state index < -0.39 is 0 Å². The number of carbonyl (C=O) groups is 1. The third-order valence-electron chi connectivity index (χ3n) is 6.24. The molecule has 1 aromatic carbocycles. The molecule has 1 aromatic rings. The van der Waals surface area contributed by atoms with Crippen molar-refractivity contribution >= 4 is 11.6 Å². The van der Waals surface area contributed by atoms with E-state index in [0.29, 0.717) is 6.04 Å². The van der Waals surface area contributed by atoms with Crippen LogP contribution in [-0.2, 0) is 10.2 Å². The highest BCUT2D eigenvalue weighted by Gasteiger charge is 2.48. The Morgan fingerprint density at radius 2 is 1.92 bits per heavy atom. The molecule has 0 saturated heterocycles. The highest BCUT2D eigenvalue weighted by Crippen LogP contribution is 2.47. The van der Waals surface area contributed by atoms with E-state index >= 15 is 0 Å². The summed E-state index contributed by atoms with van der Waals surface area (Å²) in [6.45, 7) is 9.16. The lowest BCUT2D eigenvalue weighted by atomic mass is 9.68. The van der Waals surface area contributed by atoms with Gasteiger partial charge in [-0.3, -0.25) is 4.79 Å². The molecule has 3 rings (SSSR count). The number of rotatable bonds is 5. The number of aliphatic hydroxyl groups excluding tert-OH is 1. The number of carbonyl (C=O) groups excluding carboxylic acids is 1. The van der Waals surface area contributed by atoms with Gasteiger partial charge in [0.1, 0.15) is 0 Å². The Bertz CT molecular complexity index is 631. The van der Waals surface area contributed by atoms with Crippen LogP contribution in [0.15, 0.2) is 24.3 Å². The molecule has 3 N–H and O–H groups in total. The normalized spacial score (nSPS) is 27.4. The van der Waals surface area contributed by atoms with Crippen molar-refractivity contribution in [3.8, 4) is 0 Å². The molecule has 1 aliphatic carbocycles. The van der Waals surface area contributed by atoms with Crippen molar-refractivity contribution in [3.63, 3.8) is 0 Å². The standard InChI is InChI=1S/C21H32N2O2/c1-14(2)18(24)20(3,4)13-22-15-9-11-21(12-10-15)16-7-5-6-8-17(16)23-19(21)25/h5-8,14-15,18,22,24H,9-13H2,1-4H3,(H,23,25). The van der Waals surface area contributed by atoms with Gasteiger partial charge in [-0.15, -0.1) is 0 Å². The van der Waals surface area contributed by atoms with Crippen LogP contribution in [0.25, 0.3) is 0 Å². The van der Waals surface area contributed by atoms with E-state index in [-0.39, 0.29) is 28.8 Å². The third kappa shape index (κ3) is 3.34. The maximum atomic E-state index is 12.6. The van der Waals surface area contributed by atoms with Gasteiger partial charge < -0.3 is 15.7 Å². The second-order valence-corrected chi connectivity index (χ2v) is 8.91. The summed E-state index contributed by atoms with van der Waals surface area (Å²) in [5.41, 5.74) is 1.68. The summed E-state index contributed by atoms with van der Waals surface area (Å²) in [4.78, 5) is 12.6. The van der Waals surface area contributed by atoms with Crippen LogP contribution < -0.4 is 10.6 Å². The van der Waals surface area contributed by atoms with Crippen LogP contribution in [0.2, 0.25) is 0 Å². The Kier molecular flexibility index (Phi) is 4.95. The maximum absolute atomic E-state index is 12.6. The number of hydrogen-bond donors (Lipinski definition) is 3. The number of benzene rings is 1. The van der Waals surface area contributed by atoms with Gasteiger partial charge in [0.25, 0.3) is 0 Å². The summed E-state index contributed by atoms with van der Waals surface area (Å²) in [5, 5.41) is 17.1. The van der Waals surface area contributed by atoms with Crippen LogP contribution in [0.5, 0.6) is 0 Å². The van der Waals surface area contributed by atoms with E-state index in [1.54, 1.807) is 0 Å². The quantitative estimate of drug-likeness (QED) is 0.767. The van der Waals surface area contributed by atoms with Crippen molar-refractivity contribution in [1.82, 2.24) is 5.32 Å². The van der Waals surface area contributed by atoms with Gasteiger partial charge in [-0.25, -0.2) is 0 Å².